The Morgan fingerprint density at radius 2 is 1.75 bits per heavy atom. The minimum absolute atomic E-state index is 0.0745. The molecule has 0 amide bonds. The van der Waals surface area contributed by atoms with Gasteiger partial charge in [-0.05, 0) is 36.3 Å². The van der Waals surface area contributed by atoms with E-state index >= 15 is 0 Å². The van der Waals surface area contributed by atoms with Crippen LogP contribution in [0.25, 0.3) is 6.08 Å². The van der Waals surface area contributed by atoms with Gasteiger partial charge in [-0.2, -0.15) is 0 Å². The molecule has 2 rings (SSSR count). The Hall–Kier alpha value is -2.84. The fourth-order valence-electron chi connectivity index (χ4n) is 2.58. The molecule has 8 heteroatoms. The van der Waals surface area contributed by atoms with Crippen molar-refractivity contribution < 1.29 is 27.4 Å². The predicted octanol–water partition coefficient (Wildman–Crippen LogP) is 2.93. The lowest BCUT2D eigenvalue weighted by Crippen LogP contribution is -2.27. The predicted molar refractivity (Wildman–Crippen MR) is 106 cm³/mol. The highest BCUT2D eigenvalue weighted by molar-refractivity contribution is 7.89. The van der Waals surface area contributed by atoms with E-state index in [0.717, 1.165) is 5.56 Å². The first-order valence-electron chi connectivity index (χ1n) is 8.41. The molecule has 0 heterocycles. The van der Waals surface area contributed by atoms with Gasteiger partial charge >= 0.3 is 5.97 Å². The van der Waals surface area contributed by atoms with E-state index in [1.165, 1.54) is 39.5 Å². The smallest absolute Gasteiger partial charge is 0.330 e. The molecule has 1 atom stereocenters. The van der Waals surface area contributed by atoms with Crippen molar-refractivity contribution in [2.75, 3.05) is 21.3 Å². The second kappa shape index (κ2) is 9.38. The average molecular weight is 405 g/mol. The first kappa shape index (κ1) is 21.5. The lowest BCUT2D eigenvalue weighted by molar-refractivity contribution is -0.134. The molecule has 28 heavy (non-hydrogen) atoms. The topological polar surface area (TPSA) is 90.9 Å². The van der Waals surface area contributed by atoms with Crippen LogP contribution < -0.4 is 14.2 Å². The molecule has 0 aliphatic heterocycles. The summed E-state index contributed by atoms with van der Waals surface area (Å²) in [6.07, 6.45) is 2.63. The van der Waals surface area contributed by atoms with Crippen molar-refractivity contribution in [1.82, 2.24) is 4.72 Å². The lowest BCUT2D eigenvalue weighted by Gasteiger charge is -2.18. The van der Waals surface area contributed by atoms with E-state index in [1.54, 1.807) is 13.0 Å². The van der Waals surface area contributed by atoms with Gasteiger partial charge in [0.25, 0.3) is 0 Å². The fourth-order valence-corrected chi connectivity index (χ4v) is 4.03. The van der Waals surface area contributed by atoms with Gasteiger partial charge in [0.2, 0.25) is 10.0 Å². The zero-order valence-corrected chi connectivity index (χ0v) is 16.9. The van der Waals surface area contributed by atoms with Crippen molar-refractivity contribution in [3.05, 3.63) is 59.7 Å². The van der Waals surface area contributed by atoms with Crippen LogP contribution in [-0.4, -0.2) is 35.7 Å². The highest BCUT2D eigenvalue weighted by Crippen LogP contribution is 2.36. The highest BCUT2D eigenvalue weighted by atomic mass is 32.2. The van der Waals surface area contributed by atoms with Gasteiger partial charge in [-0.1, -0.05) is 30.3 Å². The summed E-state index contributed by atoms with van der Waals surface area (Å²) in [7, 11) is 0.0687. The van der Waals surface area contributed by atoms with E-state index in [1.807, 2.05) is 30.3 Å². The summed E-state index contributed by atoms with van der Waals surface area (Å²) < 4.78 is 43.8. The summed E-state index contributed by atoms with van der Waals surface area (Å²) in [5, 5.41) is 0. The normalized spacial score (nSPS) is 12.6. The Morgan fingerprint density at radius 1 is 1.07 bits per heavy atom. The van der Waals surface area contributed by atoms with Crippen molar-refractivity contribution in [2.24, 2.45) is 0 Å². The molecule has 0 radical (unpaired) electrons. The number of hydrogen-bond donors (Lipinski definition) is 1. The third-order valence-corrected chi connectivity index (χ3v) is 5.55. The van der Waals surface area contributed by atoms with Crippen LogP contribution in [0.5, 0.6) is 11.5 Å². The zero-order chi connectivity index (χ0) is 20.7. The van der Waals surface area contributed by atoms with Crippen molar-refractivity contribution in [3.8, 4) is 11.5 Å². The Bertz CT molecular complexity index is 954. The molecule has 0 aliphatic carbocycles. The van der Waals surface area contributed by atoms with Gasteiger partial charge in [0, 0.05) is 12.1 Å². The maximum absolute atomic E-state index is 13.0. The van der Waals surface area contributed by atoms with Crippen LogP contribution in [0.3, 0.4) is 0 Å². The van der Waals surface area contributed by atoms with Gasteiger partial charge in [-0.25, -0.2) is 17.9 Å². The maximum atomic E-state index is 13.0. The number of carbonyl (C=O) groups is 1. The molecule has 0 saturated heterocycles. The van der Waals surface area contributed by atoms with Crippen molar-refractivity contribution in [2.45, 2.75) is 17.9 Å². The van der Waals surface area contributed by atoms with Crippen LogP contribution in [0.2, 0.25) is 0 Å². The molecule has 0 saturated carbocycles. The Labute approximate surface area is 165 Å². The zero-order valence-electron chi connectivity index (χ0n) is 16.1. The van der Waals surface area contributed by atoms with E-state index in [2.05, 4.69) is 9.46 Å². The second-order valence-corrected chi connectivity index (χ2v) is 7.55. The molecule has 7 nitrogen and oxygen atoms in total. The van der Waals surface area contributed by atoms with Gasteiger partial charge in [-0.3, -0.25) is 0 Å². The van der Waals surface area contributed by atoms with Gasteiger partial charge in [0.15, 0.2) is 11.5 Å². The quantitative estimate of drug-likeness (QED) is 0.536. The number of benzene rings is 2. The molecule has 0 spiro atoms. The number of hydrogen-bond acceptors (Lipinski definition) is 6. The van der Waals surface area contributed by atoms with E-state index < -0.39 is 22.0 Å². The van der Waals surface area contributed by atoms with Crippen LogP contribution >= 0.6 is 0 Å². The standard InChI is InChI=1S/C20H23NO6S/c1-14(16-8-6-5-7-9-16)21-28(23,24)18-13-15(10-11-19(22)26-3)12-17(25-2)20(18)27-4/h5-14,21H,1-4H3. The van der Waals surface area contributed by atoms with Gasteiger partial charge < -0.3 is 14.2 Å². The molecule has 0 fully saturated rings. The monoisotopic (exact) mass is 405 g/mol. The minimum Gasteiger partial charge on any atom is -0.493 e. The molecule has 1 unspecified atom stereocenters. The highest BCUT2D eigenvalue weighted by Gasteiger charge is 2.25. The molecular weight excluding hydrogens is 382 g/mol. The summed E-state index contributed by atoms with van der Waals surface area (Å²) >= 11 is 0. The Kier molecular flexibility index (Phi) is 7.19. The van der Waals surface area contributed by atoms with Gasteiger partial charge in [-0.15, -0.1) is 0 Å². The largest absolute Gasteiger partial charge is 0.493 e. The molecule has 2 aromatic rings. The molecule has 0 aliphatic rings. The molecule has 1 N–H and O–H groups in total. The van der Waals surface area contributed by atoms with E-state index in [4.69, 9.17) is 9.47 Å². The molecule has 150 valence electrons. The minimum atomic E-state index is -3.95. The van der Waals surface area contributed by atoms with E-state index in [9.17, 15) is 13.2 Å². The maximum Gasteiger partial charge on any atom is 0.330 e. The summed E-state index contributed by atoms with van der Waals surface area (Å²) in [6.45, 7) is 1.75. The van der Waals surface area contributed by atoms with E-state index in [0.29, 0.717) is 5.56 Å². The third-order valence-electron chi connectivity index (χ3n) is 4.00. The average Bonchev–Trinajstić information content (AvgIpc) is 2.71. The summed E-state index contributed by atoms with van der Waals surface area (Å²) in [5.41, 5.74) is 1.26. The first-order valence-corrected chi connectivity index (χ1v) is 9.90. The SMILES string of the molecule is COC(=O)C=Cc1cc(OC)c(OC)c(S(=O)(=O)NC(C)c2ccccc2)c1. The summed E-state index contributed by atoms with van der Waals surface area (Å²) in [5.74, 6) is -0.261. The van der Waals surface area contributed by atoms with Gasteiger partial charge in [0.05, 0.1) is 21.3 Å². The third kappa shape index (κ3) is 5.11. The number of ether oxygens (including phenoxy) is 3. The molecule has 2 aromatic carbocycles. The van der Waals surface area contributed by atoms with Crippen LogP contribution in [0.1, 0.15) is 24.1 Å². The molecule has 0 aromatic heterocycles. The summed E-state index contributed by atoms with van der Waals surface area (Å²) in [4.78, 5) is 11.3. The number of rotatable bonds is 8. The Morgan fingerprint density at radius 3 is 2.32 bits per heavy atom. The second-order valence-electron chi connectivity index (χ2n) is 5.86. The number of methoxy groups -OCH3 is 3. The number of carbonyl (C=O) groups excluding carboxylic acids is 1. The lowest BCUT2D eigenvalue weighted by atomic mass is 10.1. The van der Waals surface area contributed by atoms with Gasteiger partial charge in [0.1, 0.15) is 4.90 Å². The fraction of sp³-hybridized carbons (Fsp3) is 0.250. The number of nitrogens with one attached hydrogen (secondary N) is 1. The Balaban J connectivity index is 2.48. The molecular formula is C20H23NO6S. The number of sulfonamides is 1. The van der Waals surface area contributed by atoms with Crippen molar-refractivity contribution >= 4 is 22.1 Å². The van der Waals surface area contributed by atoms with Crippen LogP contribution in [0.4, 0.5) is 0 Å². The molecule has 0 bridgehead atoms. The van der Waals surface area contributed by atoms with Crippen molar-refractivity contribution in [3.63, 3.8) is 0 Å². The number of esters is 1. The van der Waals surface area contributed by atoms with Crippen LogP contribution in [0, 0.1) is 0 Å². The van der Waals surface area contributed by atoms with Crippen molar-refractivity contribution in [1.29, 1.82) is 0 Å². The summed E-state index contributed by atoms with van der Waals surface area (Å²) in [6, 6.07) is 11.7. The first-order chi connectivity index (χ1) is 13.3. The van der Waals surface area contributed by atoms with E-state index in [-0.39, 0.29) is 16.4 Å². The van der Waals surface area contributed by atoms with Crippen LogP contribution in [0.15, 0.2) is 53.4 Å². The van der Waals surface area contributed by atoms with Crippen LogP contribution in [-0.2, 0) is 19.6 Å².